The van der Waals surface area contributed by atoms with Crippen molar-refractivity contribution in [1.82, 2.24) is 0 Å². The van der Waals surface area contributed by atoms with Crippen LogP contribution in [0, 0.1) is 13.8 Å². The van der Waals surface area contributed by atoms with Crippen molar-refractivity contribution in [3.8, 4) is 11.1 Å². The second-order valence-electron chi connectivity index (χ2n) is 10.8. The molecule has 0 nitrogen and oxygen atoms in total. The summed E-state index contributed by atoms with van der Waals surface area (Å²) in [5, 5.41) is 0. The van der Waals surface area contributed by atoms with Crippen molar-refractivity contribution in [1.29, 1.82) is 0 Å². The number of hydrogen-bond acceptors (Lipinski definition) is 0. The molecule has 0 heteroatoms. The van der Waals surface area contributed by atoms with Gasteiger partial charge in [-0.15, -0.1) is 0 Å². The van der Waals surface area contributed by atoms with Crippen molar-refractivity contribution < 1.29 is 0 Å². The maximum Gasteiger partial charge on any atom is 0.0210 e. The molecule has 4 rings (SSSR count). The minimum absolute atomic E-state index is 0.139. The van der Waals surface area contributed by atoms with Crippen molar-refractivity contribution in [3.05, 3.63) is 81.4 Å². The van der Waals surface area contributed by atoms with Gasteiger partial charge in [-0.05, 0) is 81.2 Å². The summed E-state index contributed by atoms with van der Waals surface area (Å²) in [5.41, 5.74) is 13.7. The maximum absolute atomic E-state index is 2.52. The number of rotatable bonds is 1. The molecule has 28 heavy (non-hydrogen) atoms. The van der Waals surface area contributed by atoms with E-state index in [1.54, 1.807) is 0 Å². The Labute approximate surface area is 171 Å². The Balaban J connectivity index is 1.99. The van der Waals surface area contributed by atoms with Gasteiger partial charge >= 0.3 is 0 Å². The van der Waals surface area contributed by atoms with Crippen LogP contribution in [0.25, 0.3) is 11.1 Å². The molecule has 0 heterocycles. The predicted molar refractivity (Wildman–Crippen MR) is 123 cm³/mol. The third-order valence-electron chi connectivity index (χ3n) is 6.51. The highest BCUT2D eigenvalue weighted by molar-refractivity contribution is 5.84. The lowest BCUT2D eigenvalue weighted by Gasteiger charge is -2.29. The molecule has 2 aromatic rings. The standard InChI is InChI=1S/C28H34/c1-17-13-22(27(3,4)5)15-20-14-21-16-23(28(6,7)8)25(19-11-9-10-12-19)18(2)26(21)24(17)20/h9-13,15-16,19H,14H2,1-8H3. The average molecular weight is 371 g/mol. The second-order valence-corrected chi connectivity index (χ2v) is 10.8. The van der Waals surface area contributed by atoms with E-state index in [1.807, 2.05) is 0 Å². The van der Waals surface area contributed by atoms with Gasteiger partial charge in [-0.3, -0.25) is 0 Å². The Bertz CT molecular complexity index is 1000. The summed E-state index contributed by atoms with van der Waals surface area (Å²) in [5.74, 6) is 0.401. The van der Waals surface area contributed by atoms with Crippen molar-refractivity contribution >= 4 is 0 Å². The highest BCUT2D eigenvalue weighted by Crippen LogP contribution is 2.48. The molecular formula is C28H34. The monoisotopic (exact) mass is 370 g/mol. The molecule has 0 saturated heterocycles. The Morgan fingerprint density at radius 2 is 1.36 bits per heavy atom. The van der Waals surface area contributed by atoms with Crippen LogP contribution in [0.2, 0.25) is 0 Å². The molecule has 0 unspecified atom stereocenters. The molecule has 2 aliphatic rings. The van der Waals surface area contributed by atoms with Gasteiger partial charge in [-0.2, -0.15) is 0 Å². The SMILES string of the molecule is Cc1cc(C(C)(C)C)cc2c1-c1c(cc(C(C)(C)C)c(C3C=CC=C3)c1C)C2. The van der Waals surface area contributed by atoms with Crippen LogP contribution in [0.4, 0.5) is 0 Å². The van der Waals surface area contributed by atoms with Gasteiger partial charge in [0.2, 0.25) is 0 Å². The van der Waals surface area contributed by atoms with E-state index in [0.717, 1.165) is 6.42 Å². The molecule has 0 saturated carbocycles. The number of allylic oxidation sites excluding steroid dienone is 4. The van der Waals surface area contributed by atoms with E-state index in [1.165, 1.54) is 50.1 Å². The third kappa shape index (κ3) is 2.98. The first kappa shape index (κ1) is 19.2. The summed E-state index contributed by atoms with van der Waals surface area (Å²) in [6.07, 6.45) is 10.1. The predicted octanol–water partition coefficient (Wildman–Crippen LogP) is 7.68. The van der Waals surface area contributed by atoms with E-state index in [0.29, 0.717) is 5.92 Å². The van der Waals surface area contributed by atoms with Crippen LogP contribution in [0.3, 0.4) is 0 Å². The fourth-order valence-electron chi connectivity index (χ4n) is 5.06. The van der Waals surface area contributed by atoms with E-state index in [4.69, 9.17) is 0 Å². The number of hydrogen-bond donors (Lipinski definition) is 0. The van der Waals surface area contributed by atoms with Crippen LogP contribution in [-0.2, 0) is 17.3 Å². The normalized spacial score (nSPS) is 16.0. The molecule has 0 aliphatic heterocycles. The lowest BCUT2D eigenvalue weighted by atomic mass is 9.75. The molecule has 0 atom stereocenters. The third-order valence-corrected chi connectivity index (χ3v) is 6.51. The van der Waals surface area contributed by atoms with Gasteiger partial charge in [0.15, 0.2) is 0 Å². The van der Waals surface area contributed by atoms with Crippen LogP contribution < -0.4 is 0 Å². The Hall–Kier alpha value is -2.08. The second kappa shape index (κ2) is 6.21. The first-order valence-corrected chi connectivity index (χ1v) is 10.6. The zero-order valence-electron chi connectivity index (χ0n) is 18.8. The average Bonchev–Trinajstić information content (AvgIpc) is 3.19. The van der Waals surface area contributed by atoms with Crippen LogP contribution in [0.1, 0.15) is 86.4 Å². The summed E-state index contributed by atoms with van der Waals surface area (Å²) < 4.78 is 0. The lowest BCUT2D eigenvalue weighted by molar-refractivity contribution is 0.581. The van der Waals surface area contributed by atoms with Gasteiger partial charge < -0.3 is 0 Å². The van der Waals surface area contributed by atoms with Crippen LogP contribution in [-0.4, -0.2) is 0 Å². The molecule has 2 aromatic carbocycles. The van der Waals surface area contributed by atoms with Gasteiger partial charge in [-0.1, -0.05) is 84.0 Å². The maximum atomic E-state index is 2.52. The van der Waals surface area contributed by atoms with Gasteiger partial charge in [0.05, 0.1) is 0 Å². The zero-order valence-corrected chi connectivity index (χ0v) is 18.8. The number of aryl methyl sites for hydroxylation is 1. The highest BCUT2D eigenvalue weighted by atomic mass is 14.4. The summed E-state index contributed by atoms with van der Waals surface area (Å²) in [7, 11) is 0. The van der Waals surface area contributed by atoms with Gasteiger partial charge in [0, 0.05) is 5.92 Å². The lowest BCUT2D eigenvalue weighted by Crippen LogP contribution is -2.17. The minimum Gasteiger partial charge on any atom is -0.0732 e. The minimum atomic E-state index is 0.139. The van der Waals surface area contributed by atoms with Gasteiger partial charge in [-0.25, -0.2) is 0 Å². The Morgan fingerprint density at radius 1 is 0.750 bits per heavy atom. The first-order chi connectivity index (χ1) is 13.0. The van der Waals surface area contributed by atoms with E-state index >= 15 is 0 Å². The summed E-state index contributed by atoms with van der Waals surface area (Å²) in [4.78, 5) is 0. The van der Waals surface area contributed by atoms with Crippen molar-refractivity contribution in [2.24, 2.45) is 0 Å². The molecule has 0 bridgehead atoms. The summed E-state index contributed by atoms with van der Waals surface area (Å²) in [6.45, 7) is 18.7. The fraction of sp³-hybridized carbons (Fsp3) is 0.429. The molecule has 0 spiro atoms. The van der Waals surface area contributed by atoms with E-state index in [-0.39, 0.29) is 10.8 Å². The largest absolute Gasteiger partial charge is 0.0732 e. The van der Waals surface area contributed by atoms with E-state index in [2.05, 4.69) is 97.9 Å². The highest BCUT2D eigenvalue weighted by Gasteiger charge is 2.31. The molecule has 0 aromatic heterocycles. The molecule has 0 N–H and O–H groups in total. The Kier molecular flexibility index (Phi) is 4.27. The molecule has 2 aliphatic carbocycles. The van der Waals surface area contributed by atoms with Gasteiger partial charge in [0.1, 0.15) is 0 Å². The summed E-state index contributed by atoms with van der Waals surface area (Å²) >= 11 is 0. The molecule has 0 radical (unpaired) electrons. The van der Waals surface area contributed by atoms with Crippen LogP contribution in [0.15, 0.2) is 42.5 Å². The smallest absolute Gasteiger partial charge is 0.0210 e. The molecule has 0 amide bonds. The molecule has 0 fully saturated rings. The topological polar surface area (TPSA) is 0 Å². The zero-order chi connectivity index (χ0) is 20.4. The van der Waals surface area contributed by atoms with Crippen molar-refractivity contribution in [2.75, 3.05) is 0 Å². The van der Waals surface area contributed by atoms with Gasteiger partial charge in [0.25, 0.3) is 0 Å². The fourth-order valence-corrected chi connectivity index (χ4v) is 5.06. The first-order valence-electron chi connectivity index (χ1n) is 10.6. The molecule has 146 valence electrons. The van der Waals surface area contributed by atoms with E-state index in [9.17, 15) is 0 Å². The van der Waals surface area contributed by atoms with Crippen molar-refractivity contribution in [3.63, 3.8) is 0 Å². The Morgan fingerprint density at radius 3 is 1.93 bits per heavy atom. The van der Waals surface area contributed by atoms with E-state index < -0.39 is 0 Å². The quantitative estimate of drug-likeness (QED) is 0.412. The number of benzene rings is 2. The number of fused-ring (bicyclic) bond motifs is 3. The van der Waals surface area contributed by atoms with Crippen molar-refractivity contribution in [2.45, 2.75) is 78.6 Å². The van der Waals surface area contributed by atoms with Crippen LogP contribution >= 0.6 is 0 Å². The van der Waals surface area contributed by atoms with Crippen LogP contribution in [0.5, 0.6) is 0 Å². The molecular weight excluding hydrogens is 336 g/mol. The summed E-state index contributed by atoms with van der Waals surface area (Å²) in [6, 6.07) is 7.40.